The van der Waals surface area contributed by atoms with Gasteiger partial charge in [-0.25, -0.2) is 13.8 Å². The van der Waals surface area contributed by atoms with Crippen LogP contribution in [0.2, 0.25) is 0 Å². The van der Waals surface area contributed by atoms with E-state index in [9.17, 15) is 8.42 Å². The summed E-state index contributed by atoms with van der Waals surface area (Å²) in [7, 11) is -2.53. The summed E-state index contributed by atoms with van der Waals surface area (Å²) in [6, 6.07) is 0. The molecule has 0 bridgehead atoms. The monoisotopic (exact) mass is 139 g/mol. The molecule has 50 valence electrons. The van der Waals surface area contributed by atoms with E-state index in [0.717, 1.165) is 0 Å². The summed E-state index contributed by atoms with van der Waals surface area (Å²) < 4.78 is 19.4. The lowest BCUT2D eigenvalue weighted by atomic mass is 10.7. The van der Waals surface area contributed by atoms with Gasteiger partial charge in [0.2, 0.25) is 10.9 Å². The zero-order valence-electron chi connectivity index (χ0n) is 4.26. The summed E-state index contributed by atoms with van der Waals surface area (Å²) in [5.41, 5.74) is 7.38. The number of thiol groups is 1. The third-order valence-electron chi connectivity index (χ3n) is 0.440. The lowest BCUT2D eigenvalue weighted by molar-refractivity contribution is 0.577. The van der Waals surface area contributed by atoms with Crippen LogP contribution in [0, 0.1) is 0 Å². The summed E-state index contributed by atoms with van der Waals surface area (Å²) in [5.74, 6) is 0. The Bertz CT molecular complexity index is 104. The van der Waals surface area contributed by atoms with Crippen molar-refractivity contribution in [2.24, 2.45) is 5.73 Å². The maximum absolute atomic E-state index is 9.70. The van der Waals surface area contributed by atoms with Crippen molar-refractivity contribution in [3.05, 3.63) is 0 Å². The topological polar surface area (TPSA) is 84.2 Å². The summed E-state index contributed by atoms with van der Waals surface area (Å²) in [4.78, 5) is 1.97. The van der Waals surface area contributed by atoms with E-state index in [1.165, 1.54) is 0 Å². The van der Waals surface area contributed by atoms with Gasteiger partial charge < -0.3 is 5.73 Å². The minimum atomic E-state index is -2.53. The van der Waals surface area contributed by atoms with Crippen LogP contribution < -0.4 is 16.0 Å². The molecule has 0 atom stereocenters. The number of nitrogens with one attached hydrogen (secondary N) is 2. The highest BCUT2D eigenvalue weighted by molar-refractivity contribution is 7.70. The van der Waals surface area contributed by atoms with E-state index in [4.69, 9.17) is 5.73 Å². The Morgan fingerprint density at radius 2 is 2.12 bits per heavy atom. The van der Waals surface area contributed by atoms with Gasteiger partial charge in [-0.2, -0.15) is 4.83 Å². The molecule has 6 heteroatoms. The molecule has 0 aliphatic carbocycles. The molecule has 0 amide bonds. The highest BCUT2D eigenvalue weighted by Gasteiger charge is 1.78. The molecule has 0 aliphatic heterocycles. The molecule has 0 fully saturated rings. The van der Waals surface area contributed by atoms with Crippen molar-refractivity contribution in [1.82, 2.24) is 10.3 Å². The third-order valence-corrected chi connectivity index (χ3v) is 0.780. The van der Waals surface area contributed by atoms with Crippen LogP contribution in [-0.2, 0) is 10.9 Å². The van der Waals surface area contributed by atoms with Crippen molar-refractivity contribution in [3.63, 3.8) is 0 Å². The predicted octanol–water partition coefficient (Wildman–Crippen LogP) is -2.43. The summed E-state index contributed by atoms with van der Waals surface area (Å²) in [6.07, 6.45) is 0. The van der Waals surface area contributed by atoms with Gasteiger partial charge in [0.15, 0.2) is 0 Å². The second-order valence-electron chi connectivity index (χ2n) is 1.08. The van der Waals surface area contributed by atoms with Crippen molar-refractivity contribution in [3.8, 4) is 0 Å². The molecular weight excluding hydrogens is 130 g/mol. The Labute approximate surface area is 49.3 Å². The van der Waals surface area contributed by atoms with E-state index in [-0.39, 0.29) is 0 Å². The van der Waals surface area contributed by atoms with Crippen molar-refractivity contribution >= 4 is 10.9 Å². The summed E-state index contributed by atoms with van der Waals surface area (Å²) in [6.45, 7) is 0.861. The Morgan fingerprint density at radius 3 is 2.50 bits per heavy atom. The standard InChI is InChI=1S/C2H9N3O2S/c3-1-2-4-5-8(6)7/h4,8H,1-3H2,(H,5,6,7). The molecule has 0 heterocycles. The van der Waals surface area contributed by atoms with E-state index < -0.39 is 10.9 Å². The second-order valence-corrected chi connectivity index (χ2v) is 1.82. The molecule has 0 aromatic heterocycles. The van der Waals surface area contributed by atoms with Crippen LogP contribution in [0.25, 0.3) is 0 Å². The van der Waals surface area contributed by atoms with Crippen molar-refractivity contribution in [1.29, 1.82) is 0 Å². The van der Waals surface area contributed by atoms with E-state index in [1.54, 1.807) is 0 Å². The highest BCUT2D eigenvalue weighted by Crippen LogP contribution is 1.45. The first-order valence-corrected chi connectivity index (χ1v) is 3.28. The number of rotatable bonds is 4. The molecule has 0 unspecified atom stereocenters. The van der Waals surface area contributed by atoms with Gasteiger partial charge in [0.1, 0.15) is 0 Å². The predicted molar refractivity (Wildman–Crippen MR) is 30.5 cm³/mol. The molecule has 0 spiro atoms. The van der Waals surface area contributed by atoms with Crippen LogP contribution in [-0.4, -0.2) is 21.5 Å². The van der Waals surface area contributed by atoms with E-state index in [1.807, 2.05) is 4.83 Å². The Morgan fingerprint density at radius 1 is 1.50 bits per heavy atom. The zero-order valence-corrected chi connectivity index (χ0v) is 5.15. The SMILES string of the molecule is NCCNN[SH](=O)=O. The molecular formula is C2H9N3O2S. The molecule has 0 radical (unpaired) electrons. The molecule has 0 saturated carbocycles. The average Bonchev–Trinajstić information content (AvgIpc) is 1.66. The molecule has 8 heavy (non-hydrogen) atoms. The molecule has 0 saturated heterocycles. The number of hydrogen-bond donors (Lipinski definition) is 4. The number of nitrogens with two attached hydrogens (primary N) is 1. The molecule has 0 aromatic carbocycles. The quantitative estimate of drug-likeness (QED) is 0.198. The first kappa shape index (κ1) is 7.83. The first-order valence-electron chi connectivity index (χ1n) is 2.10. The minimum absolute atomic E-state index is 0.413. The van der Waals surface area contributed by atoms with Crippen molar-refractivity contribution in [2.45, 2.75) is 0 Å². The van der Waals surface area contributed by atoms with Crippen molar-refractivity contribution in [2.75, 3.05) is 13.1 Å². The van der Waals surface area contributed by atoms with Gasteiger partial charge in [0, 0.05) is 13.1 Å². The fourth-order valence-corrected chi connectivity index (χ4v) is 0.434. The van der Waals surface area contributed by atoms with Gasteiger partial charge in [-0.1, -0.05) is 0 Å². The lowest BCUT2D eigenvalue weighted by Gasteiger charge is -1.94. The Kier molecular flexibility index (Phi) is 4.87. The molecule has 0 rings (SSSR count). The Hall–Kier alpha value is -0.170. The van der Waals surface area contributed by atoms with Crippen LogP contribution in [0.4, 0.5) is 0 Å². The largest absolute Gasteiger partial charge is 0.329 e. The van der Waals surface area contributed by atoms with E-state index in [0.29, 0.717) is 13.1 Å². The smallest absolute Gasteiger partial charge is 0.214 e. The van der Waals surface area contributed by atoms with Gasteiger partial charge in [-0.05, 0) is 0 Å². The number of hydrazine groups is 1. The Balaban J connectivity index is 2.94. The fraction of sp³-hybridized carbons (Fsp3) is 1.00. The van der Waals surface area contributed by atoms with Gasteiger partial charge in [-0.3, -0.25) is 0 Å². The summed E-state index contributed by atoms with van der Waals surface area (Å²) in [5, 5.41) is 0. The fourth-order valence-electron chi connectivity index (χ4n) is 0.193. The summed E-state index contributed by atoms with van der Waals surface area (Å²) >= 11 is 0. The number of hydrogen-bond acceptors (Lipinski definition) is 4. The highest BCUT2D eigenvalue weighted by atomic mass is 32.2. The average molecular weight is 139 g/mol. The first-order chi connectivity index (χ1) is 3.77. The minimum Gasteiger partial charge on any atom is -0.329 e. The van der Waals surface area contributed by atoms with Crippen LogP contribution >= 0.6 is 0 Å². The van der Waals surface area contributed by atoms with Gasteiger partial charge in [0.25, 0.3) is 0 Å². The van der Waals surface area contributed by atoms with E-state index in [2.05, 4.69) is 5.43 Å². The third kappa shape index (κ3) is 5.83. The molecule has 4 N–H and O–H groups in total. The van der Waals surface area contributed by atoms with Gasteiger partial charge in [0.05, 0.1) is 0 Å². The maximum Gasteiger partial charge on any atom is 0.214 e. The van der Waals surface area contributed by atoms with Crippen LogP contribution in [0.5, 0.6) is 0 Å². The maximum atomic E-state index is 9.70. The van der Waals surface area contributed by atoms with Gasteiger partial charge >= 0.3 is 0 Å². The van der Waals surface area contributed by atoms with Crippen molar-refractivity contribution < 1.29 is 8.42 Å². The molecule has 5 nitrogen and oxygen atoms in total. The molecule has 0 aliphatic rings. The normalized spacial score (nSPS) is 10.2. The second kappa shape index (κ2) is 4.98. The zero-order chi connectivity index (χ0) is 6.41. The lowest BCUT2D eigenvalue weighted by Crippen LogP contribution is -2.34. The van der Waals surface area contributed by atoms with E-state index >= 15 is 0 Å². The molecule has 0 aromatic rings. The van der Waals surface area contributed by atoms with Crippen LogP contribution in [0.15, 0.2) is 0 Å². The van der Waals surface area contributed by atoms with Crippen LogP contribution in [0.1, 0.15) is 0 Å². The van der Waals surface area contributed by atoms with Gasteiger partial charge in [-0.15, -0.1) is 0 Å². The van der Waals surface area contributed by atoms with Crippen LogP contribution in [0.3, 0.4) is 0 Å².